The number of rotatable bonds is 0. The highest BCUT2D eigenvalue weighted by molar-refractivity contribution is 5.06. The maximum Gasteiger partial charge on any atom is 0.193 e. The quantitative estimate of drug-likeness (QED) is 0.506. The van der Waals surface area contributed by atoms with Gasteiger partial charge in [-0.3, -0.25) is 0 Å². The van der Waals surface area contributed by atoms with Crippen LogP contribution in [0.4, 0.5) is 4.39 Å². The molecule has 1 aromatic heterocycles. The first-order chi connectivity index (χ1) is 3.30. The predicted octanol–water partition coefficient (Wildman–Crippen LogP) is 1.46. The summed E-state index contributed by atoms with van der Waals surface area (Å²) in [5.41, 5.74) is 0.667. The summed E-state index contributed by atoms with van der Waals surface area (Å²) in [6.07, 6.45) is 1.57. The Hall–Kier alpha value is -0.790. The average molecular weight is 99.1 g/mol. The van der Waals surface area contributed by atoms with Gasteiger partial charge >= 0.3 is 0 Å². The van der Waals surface area contributed by atoms with E-state index in [2.05, 4.69) is 4.98 Å². The Labute approximate surface area is 41.2 Å². The van der Waals surface area contributed by atoms with E-state index in [9.17, 15) is 4.39 Å². The Morgan fingerprint density at radius 2 is 2.43 bits per heavy atom. The molecular formula is C5H6FN. The minimum atomic E-state index is -0.236. The van der Waals surface area contributed by atoms with Crippen molar-refractivity contribution in [2.24, 2.45) is 0 Å². The van der Waals surface area contributed by atoms with E-state index in [0.29, 0.717) is 5.56 Å². The van der Waals surface area contributed by atoms with Gasteiger partial charge in [-0.2, -0.15) is 4.39 Å². The van der Waals surface area contributed by atoms with Crippen molar-refractivity contribution in [1.29, 1.82) is 0 Å². The smallest absolute Gasteiger partial charge is 0.193 e. The van der Waals surface area contributed by atoms with Crippen LogP contribution in [0.2, 0.25) is 0 Å². The zero-order valence-corrected chi connectivity index (χ0v) is 4.03. The molecule has 0 saturated carbocycles. The number of nitrogens with one attached hydrogen (secondary N) is 1. The zero-order valence-electron chi connectivity index (χ0n) is 4.03. The Bertz CT molecular complexity index is 140. The zero-order chi connectivity index (χ0) is 5.28. The van der Waals surface area contributed by atoms with Crippen LogP contribution in [0.5, 0.6) is 0 Å². The summed E-state index contributed by atoms with van der Waals surface area (Å²) in [5, 5.41) is 0. The van der Waals surface area contributed by atoms with Crippen LogP contribution in [0.15, 0.2) is 12.3 Å². The van der Waals surface area contributed by atoms with Gasteiger partial charge in [0.2, 0.25) is 0 Å². The first-order valence-electron chi connectivity index (χ1n) is 2.10. The molecule has 0 unspecified atom stereocenters. The number of aryl methyl sites for hydroxylation is 1. The summed E-state index contributed by atoms with van der Waals surface area (Å²) in [5.74, 6) is -0.236. The third-order valence-corrected chi connectivity index (χ3v) is 0.890. The molecule has 38 valence electrons. The van der Waals surface area contributed by atoms with Crippen molar-refractivity contribution < 1.29 is 4.39 Å². The van der Waals surface area contributed by atoms with Crippen LogP contribution >= 0.6 is 0 Å². The van der Waals surface area contributed by atoms with Gasteiger partial charge in [-0.15, -0.1) is 0 Å². The van der Waals surface area contributed by atoms with E-state index in [1.807, 2.05) is 0 Å². The average Bonchev–Trinajstić information content (AvgIpc) is 1.91. The molecular weight excluding hydrogens is 93.1 g/mol. The lowest BCUT2D eigenvalue weighted by Gasteiger charge is -1.76. The van der Waals surface area contributed by atoms with Crippen molar-refractivity contribution in [2.75, 3.05) is 0 Å². The molecule has 0 aliphatic carbocycles. The van der Waals surface area contributed by atoms with Gasteiger partial charge in [0.05, 0.1) is 0 Å². The Morgan fingerprint density at radius 1 is 1.71 bits per heavy atom. The van der Waals surface area contributed by atoms with Crippen molar-refractivity contribution in [3.05, 3.63) is 23.8 Å². The highest BCUT2D eigenvalue weighted by atomic mass is 19.1. The van der Waals surface area contributed by atoms with Crippen molar-refractivity contribution in [3.8, 4) is 0 Å². The van der Waals surface area contributed by atoms with Gasteiger partial charge < -0.3 is 4.98 Å². The van der Waals surface area contributed by atoms with Crippen LogP contribution < -0.4 is 0 Å². The normalized spacial score (nSPS) is 9.43. The summed E-state index contributed by atoms with van der Waals surface area (Å²) in [4.78, 5) is 2.40. The van der Waals surface area contributed by atoms with Gasteiger partial charge in [0.1, 0.15) is 0 Å². The Morgan fingerprint density at radius 3 is 2.57 bits per heavy atom. The van der Waals surface area contributed by atoms with Crippen molar-refractivity contribution >= 4 is 0 Å². The fraction of sp³-hybridized carbons (Fsp3) is 0.200. The van der Waals surface area contributed by atoms with Crippen LogP contribution in [-0.2, 0) is 0 Å². The Kier molecular flexibility index (Phi) is 0.855. The second-order valence-corrected chi connectivity index (χ2v) is 1.47. The van der Waals surface area contributed by atoms with E-state index in [4.69, 9.17) is 0 Å². The number of H-pyrrole nitrogens is 1. The first-order valence-corrected chi connectivity index (χ1v) is 2.10. The second kappa shape index (κ2) is 1.37. The molecule has 0 atom stereocenters. The largest absolute Gasteiger partial charge is 0.338 e. The molecule has 1 heterocycles. The van der Waals surface area contributed by atoms with E-state index in [1.54, 1.807) is 19.2 Å². The minimum absolute atomic E-state index is 0.236. The molecule has 1 nitrogen and oxygen atoms in total. The molecule has 1 rings (SSSR count). The van der Waals surface area contributed by atoms with Crippen LogP contribution in [0, 0.1) is 12.9 Å². The lowest BCUT2D eigenvalue weighted by atomic mass is 10.4. The standard InChI is InChI=1S/C5H6FN/c1-4-2-3-7-5(4)6/h2-3,7H,1H3. The summed E-state index contributed by atoms with van der Waals surface area (Å²) in [7, 11) is 0. The van der Waals surface area contributed by atoms with Gasteiger partial charge in [-0.05, 0) is 13.0 Å². The van der Waals surface area contributed by atoms with Crippen LogP contribution in [-0.4, -0.2) is 4.98 Å². The predicted molar refractivity (Wildman–Crippen MR) is 25.5 cm³/mol. The van der Waals surface area contributed by atoms with E-state index in [1.165, 1.54) is 0 Å². The summed E-state index contributed by atoms with van der Waals surface area (Å²) in [6.45, 7) is 1.71. The van der Waals surface area contributed by atoms with Gasteiger partial charge in [-0.25, -0.2) is 0 Å². The van der Waals surface area contributed by atoms with Gasteiger partial charge in [0.15, 0.2) is 5.95 Å². The van der Waals surface area contributed by atoms with Crippen LogP contribution in [0.3, 0.4) is 0 Å². The molecule has 2 heteroatoms. The van der Waals surface area contributed by atoms with Gasteiger partial charge in [0.25, 0.3) is 0 Å². The second-order valence-electron chi connectivity index (χ2n) is 1.47. The van der Waals surface area contributed by atoms with E-state index in [-0.39, 0.29) is 5.95 Å². The maximum atomic E-state index is 12.0. The van der Waals surface area contributed by atoms with Gasteiger partial charge in [-0.1, -0.05) is 0 Å². The fourth-order valence-electron chi connectivity index (χ4n) is 0.427. The minimum Gasteiger partial charge on any atom is -0.338 e. The number of hydrogen-bond acceptors (Lipinski definition) is 0. The number of hydrogen-bond donors (Lipinski definition) is 1. The van der Waals surface area contributed by atoms with E-state index < -0.39 is 0 Å². The SMILES string of the molecule is Cc1cc[nH]c1F. The molecule has 1 N–H and O–H groups in total. The highest BCUT2D eigenvalue weighted by Gasteiger charge is 1.90. The van der Waals surface area contributed by atoms with Gasteiger partial charge in [0, 0.05) is 11.8 Å². The van der Waals surface area contributed by atoms with Crippen molar-refractivity contribution in [2.45, 2.75) is 6.92 Å². The molecule has 0 radical (unpaired) electrons. The molecule has 0 aliphatic heterocycles. The molecule has 0 amide bonds. The number of halogens is 1. The first kappa shape index (κ1) is 4.37. The Balaban J connectivity index is 3.12. The third kappa shape index (κ3) is 0.633. The number of aromatic amines is 1. The summed E-state index contributed by atoms with van der Waals surface area (Å²) >= 11 is 0. The maximum absolute atomic E-state index is 12.0. The van der Waals surface area contributed by atoms with Crippen LogP contribution in [0.1, 0.15) is 5.56 Å². The molecule has 0 aliphatic rings. The topological polar surface area (TPSA) is 15.8 Å². The monoisotopic (exact) mass is 99.0 g/mol. The summed E-state index contributed by atoms with van der Waals surface area (Å²) in [6, 6.07) is 1.69. The lowest BCUT2D eigenvalue weighted by molar-refractivity contribution is 0.583. The molecule has 7 heavy (non-hydrogen) atoms. The molecule has 0 fully saturated rings. The molecule has 0 bridgehead atoms. The molecule has 0 spiro atoms. The van der Waals surface area contributed by atoms with Crippen molar-refractivity contribution in [1.82, 2.24) is 4.98 Å². The number of aromatic nitrogens is 1. The molecule has 0 saturated heterocycles. The molecule has 0 aromatic carbocycles. The van der Waals surface area contributed by atoms with E-state index in [0.717, 1.165) is 0 Å². The van der Waals surface area contributed by atoms with Crippen LogP contribution in [0.25, 0.3) is 0 Å². The lowest BCUT2D eigenvalue weighted by Crippen LogP contribution is -1.70. The molecule has 1 aromatic rings. The van der Waals surface area contributed by atoms with E-state index >= 15 is 0 Å². The third-order valence-electron chi connectivity index (χ3n) is 0.890. The van der Waals surface area contributed by atoms with Crippen molar-refractivity contribution in [3.63, 3.8) is 0 Å². The summed E-state index contributed by atoms with van der Waals surface area (Å²) < 4.78 is 12.0. The highest BCUT2D eigenvalue weighted by Crippen LogP contribution is 1.99. The fourth-order valence-corrected chi connectivity index (χ4v) is 0.427.